The van der Waals surface area contributed by atoms with Crippen LogP contribution in [0.15, 0.2) is 24.7 Å². The van der Waals surface area contributed by atoms with Crippen LogP contribution in [-0.2, 0) is 4.74 Å². The summed E-state index contributed by atoms with van der Waals surface area (Å²) in [5.41, 5.74) is 2.32. The van der Waals surface area contributed by atoms with E-state index in [0.717, 1.165) is 24.0 Å². The molecule has 3 heterocycles. The molecule has 0 radical (unpaired) electrons. The standard InChI is InChI=1S/C17H22N4O/c1-12-11-21(13-5-2-3-6-13)16-15(12)10-19-17(20-16)18-9-14-7-4-8-22-14/h4,8,10-11,13-14H,2-3,5-7,9H2,1H3,(H,18,19,20). The zero-order valence-corrected chi connectivity index (χ0v) is 13.0. The highest BCUT2D eigenvalue weighted by atomic mass is 16.5. The van der Waals surface area contributed by atoms with E-state index in [1.54, 1.807) is 6.26 Å². The lowest BCUT2D eigenvalue weighted by molar-refractivity contribution is 0.182. The fourth-order valence-corrected chi connectivity index (χ4v) is 3.50. The van der Waals surface area contributed by atoms with Gasteiger partial charge < -0.3 is 14.6 Å². The second-order valence-electron chi connectivity index (χ2n) is 6.34. The largest absolute Gasteiger partial charge is 0.496 e. The number of fused-ring (bicyclic) bond motifs is 1. The van der Waals surface area contributed by atoms with Crippen molar-refractivity contribution in [1.82, 2.24) is 14.5 Å². The Bertz CT molecular complexity index is 692. The molecule has 1 unspecified atom stereocenters. The Hall–Kier alpha value is -2.04. The average Bonchev–Trinajstić information content (AvgIpc) is 3.27. The Kier molecular flexibility index (Phi) is 3.48. The molecule has 1 atom stereocenters. The van der Waals surface area contributed by atoms with E-state index < -0.39 is 0 Å². The lowest BCUT2D eigenvalue weighted by atomic mass is 10.2. The van der Waals surface area contributed by atoms with E-state index in [9.17, 15) is 0 Å². The van der Waals surface area contributed by atoms with Crippen LogP contribution in [-0.4, -0.2) is 27.2 Å². The molecule has 5 heteroatoms. The molecule has 1 fully saturated rings. The number of aryl methyl sites for hydroxylation is 1. The molecule has 2 aromatic heterocycles. The van der Waals surface area contributed by atoms with E-state index in [2.05, 4.69) is 28.0 Å². The lowest BCUT2D eigenvalue weighted by Crippen LogP contribution is -2.19. The minimum atomic E-state index is 0.197. The minimum absolute atomic E-state index is 0.197. The maximum atomic E-state index is 5.47. The number of hydrogen-bond acceptors (Lipinski definition) is 4. The van der Waals surface area contributed by atoms with Crippen molar-refractivity contribution in [3.63, 3.8) is 0 Å². The molecule has 0 bridgehead atoms. The van der Waals surface area contributed by atoms with Gasteiger partial charge in [-0.05, 0) is 31.4 Å². The predicted molar refractivity (Wildman–Crippen MR) is 86.9 cm³/mol. The zero-order valence-electron chi connectivity index (χ0n) is 13.0. The normalized spacial score (nSPS) is 21.6. The van der Waals surface area contributed by atoms with Gasteiger partial charge in [-0.25, -0.2) is 4.98 Å². The van der Waals surface area contributed by atoms with Crippen molar-refractivity contribution >= 4 is 17.0 Å². The molecule has 0 amide bonds. The van der Waals surface area contributed by atoms with Crippen molar-refractivity contribution in [3.05, 3.63) is 30.3 Å². The molecular weight excluding hydrogens is 276 g/mol. The number of anilines is 1. The zero-order chi connectivity index (χ0) is 14.9. The molecule has 116 valence electrons. The summed E-state index contributed by atoms with van der Waals surface area (Å²) in [7, 11) is 0. The SMILES string of the molecule is Cc1cn(C2CCCC2)c2nc(NCC3CC=CO3)ncc12. The highest BCUT2D eigenvalue weighted by molar-refractivity contribution is 5.80. The summed E-state index contributed by atoms with van der Waals surface area (Å²) in [5, 5.41) is 4.47. The van der Waals surface area contributed by atoms with Crippen LogP contribution < -0.4 is 5.32 Å². The van der Waals surface area contributed by atoms with Crippen LogP contribution in [0.2, 0.25) is 0 Å². The summed E-state index contributed by atoms with van der Waals surface area (Å²) in [6.45, 7) is 2.88. The summed E-state index contributed by atoms with van der Waals surface area (Å²) >= 11 is 0. The number of aromatic nitrogens is 3. The van der Waals surface area contributed by atoms with Gasteiger partial charge in [-0.3, -0.25) is 0 Å². The Labute approximate surface area is 130 Å². The number of nitrogens with zero attached hydrogens (tertiary/aromatic N) is 3. The van der Waals surface area contributed by atoms with Crippen LogP contribution in [0.25, 0.3) is 11.0 Å². The molecule has 0 saturated heterocycles. The third-order valence-electron chi connectivity index (χ3n) is 4.74. The van der Waals surface area contributed by atoms with Gasteiger partial charge in [0.05, 0.1) is 12.8 Å². The van der Waals surface area contributed by atoms with Crippen molar-refractivity contribution in [2.75, 3.05) is 11.9 Å². The van der Waals surface area contributed by atoms with Gasteiger partial charge in [0.1, 0.15) is 11.8 Å². The summed E-state index contributed by atoms with van der Waals surface area (Å²) in [6, 6.07) is 0.598. The molecule has 1 saturated carbocycles. The maximum absolute atomic E-state index is 5.47. The average molecular weight is 298 g/mol. The molecule has 4 rings (SSSR count). The van der Waals surface area contributed by atoms with Crippen molar-refractivity contribution in [3.8, 4) is 0 Å². The topological polar surface area (TPSA) is 52.0 Å². The van der Waals surface area contributed by atoms with Gasteiger partial charge in [0.25, 0.3) is 0 Å². The third kappa shape index (κ3) is 2.45. The van der Waals surface area contributed by atoms with Crippen LogP contribution >= 0.6 is 0 Å². The molecule has 2 aliphatic rings. The minimum Gasteiger partial charge on any atom is -0.496 e. The van der Waals surface area contributed by atoms with Crippen molar-refractivity contribution in [2.24, 2.45) is 0 Å². The molecule has 22 heavy (non-hydrogen) atoms. The van der Waals surface area contributed by atoms with E-state index in [4.69, 9.17) is 9.72 Å². The molecule has 2 aromatic rings. The molecule has 0 aromatic carbocycles. The first-order valence-electron chi connectivity index (χ1n) is 8.20. The van der Waals surface area contributed by atoms with E-state index in [1.807, 2.05) is 12.3 Å². The highest BCUT2D eigenvalue weighted by Gasteiger charge is 2.20. The molecule has 0 spiro atoms. The summed E-state index contributed by atoms with van der Waals surface area (Å²) in [5.74, 6) is 0.695. The van der Waals surface area contributed by atoms with Crippen LogP contribution in [0, 0.1) is 6.92 Å². The monoisotopic (exact) mass is 298 g/mol. The first-order valence-corrected chi connectivity index (χ1v) is 8.20. The van der Waals surface area contributed by atoms with Crippen LogP contribution in [0.4, 0.5) is 5.95 Å². The highest BCUT2D eigenvalue weighted by Crippen LogP contribution is 2.33. The van der Waals surface area contributed by atoms with Crippen molar-refractivity contribution < 1.29 is 4.74 Å². The molecule has 5 nitrogen and oxygen atoms in total. The van der Waals surface area contributed by atoms with Gasteiger partial charge in [-0.2, -0.15) is 4.98 Å². The maximum Gasteiger partial charge on any atom is 0.224 e. The summed E-state index contributed by atoms with van der Waals surface area (Å²) in [6.07, 6.45) is 14.3. The Morgan fingerprint density at radius 1 is 1.36 bits per heavy atom. The van der Waals surface area contributed by atoms with E-state index in [1.165, 1.54) is 31.2 Å². The predicted octanol–water partition coefficient (Wildman–Crippen LogP) is 3.57. The van der Waals surface area contributed by atoms with Crippen LogP contribution in [0.1, 0.15) is 43.7 Å². The number of hydrogen-bond donors (Lipinski definition) is 1. The Morgan fingerprint density at radius 2 is 2.23 bits per heavy atom. The lowest BCUT2D eigenvalue weighted by Gasteiger charge is -2.14. The first kappa shape index (κ1) is 13.6. The molecular formula is C17H22N4O. The smallest absolute Gasteiger partial charge is 0.224 e. The fourth-order valence-electron chi connectivity index (χ4n) is 3.50. The quantitative estimate of drug-likeness (QED) is 0.937. The Balaban J connectivity index is 1.59. The first-order chi connectivity index (χ1) is 10.8. The van der Waals surface area contributed by atoms with Gasteiger partial charge in [0.2, 0.25) is 5.95 Å². The molecule has 1 aliphatic heterocycles. The van der Waals surface area contributed by atoms with Crippen LogP contribution in [0.3, 0.4) is 0 Å². The number of rotatable bonds is 4. The van der Waals surface area contributed by atoms with Gasteiger partial charge in [-0.15, -0.1) is 0 Å². The van der Waals surface area contributed by atoms with E-state index in [-0.39, 0.29) is 6.10 Å². The molecule has 1 aliphatic carbocycles. The number of nitrogens with one attached hydrogen (secondary N) is 1. The Morgan fingerprint density at radius 3 is 3.00 bits per heavy atom. The van der Waals surface area contributed by atoms with Crippen molar-refractivity contribution in [2.45, 2.75) is 51.2 Å². The van der Waals surface area contributed by atoms with E-state index in [0.29, 0.717) is 12.0 Å². The summed E-state index contributed by atoms with van der Waals surface area (Å²) < 4.78 is 7.83. The number of ether oxygens (including phenoxy) is 1. The van der Waals surface area contributed by atoms with Gasteiger partial charge in [0, 0.05) is 30.2 Å². The second kappa shape index (κ2) is 5.63. The van der Waals surface area contributed by atoms with Crippen molar-refractivity contribution in [1.29, 1.82) is 0 Å². The molecule has 1 N–H and O–H groups in total. The van der Waals surface area contributed by atoms with Crippen LogP contribution in [0.5, 0.6) is 0 Å². The van der Waals surface area contributed by atoms with Gasteiger partial charge in [0.15, 0.2) is 0 Å². The summed E-state index contributed by atoms with van der Waals surface area (Å²) in [4.78, 5) is 9.22. The van der Waals surface area contributed by atoms with Gasteiger partial charge >= 0.3 is 0 Å². The fraction of sp³-hybridized carbons (Fsp3) is 0.529. The second-order valence-corrected chi connectivity index (χ2v) is 6.34. The van der Waals surface area contributed by atoms with E-state index >= 15 is 0 Å². The third-order valence-corrected chi connectivity index (χ3v) is 4.74. The van der Waals surface area contributed by atoms with Gasteiger partial charge in [-0.1, -0.05) is 12.8 Å².